The lowest BCUT2D eigenvalue weighted by Gasteiger charge is -2.37. The van der Waals surface area contributed by atoms with Crippen LogP contribution in [0.5, 0.6) is 0 Å². The molecule has 0 spiro atoms. The van der Waals surface area contributed by atoms with Crippen molar-refractivity contribution < 1.29 is 14.3 Å². The van der Waals surface area contributed by atoms with Crippen molar-refractivity contribution >= 4 is 63.0 Å². The van der Waals surface area contributed by atoms with Gasteiger partial charge < -0.3 is 19.1 Å². The summed E-state index contributed by atoms with van der Waals surface area (Å²) in [5.41, 5.74) is 2.03. The Bertz CT molecular complexity index is 1320. The summed E-state index contributed by atoms with van der Waals surface area (Å²) in [6.07, 6.45) is 5.58. The number of amides is 2. The fraction of sp³-hybridized carbons (Fsp3) is 0.481. The SMILES string of the molecule is CCOC(=O)N1CCN(c2c(C=C3SC(=S)N(C4CCCC4)C3=O)c(=O)n(CC)c3ccccc23)CC1. The van der Waals surface area contributed by atoms with E-state index in [1.165, 1.54) is 11.8 Å². The number of aryl methyl sites for hydroxylation is 1. The third-order valence-electron chi connectivity index (χ3n) is 7.41. The first-order valence-electron chi connectivity index (χ1n) is 13.0. The maximum atomic E-state index is 13.9. The summed E-state index contributed by atoms with van der Waals surface area (Å²) in [6, 6.07) is 8.03. The molecular formula is C27H32N4O4S2. The zero-order chi connectivity index (χ0) is 26.1. The van der Waals surface area contributed by atoms with Gasteiger partial charge in [-0.1, -0.05) is 55.0 Å². The Morgan fingerprint density at radius 2 is 1.81 bits per heavy atom. The van der Waals surface area contributed by atoms with Crippen molar-refractivity contribution in [1.29, 1.82) is 0 Å². The number of hydrogen-bond acceptors (Lipinski definition) is 7. The summed E-state index contributed by atoms with van der Waals surface area (Å²) < 4.78 is 7.51. The topological polar surface area (TPSA) is 75.1 Å². The van der Waals surface area contributed by atoms with Crippen molar-refractivity contribution in [1.82, 2.24) is 14.4 Å². The first-order chi connectivity index (χ1) is 17.9. The summed E-state index contributed by atoms with van der Waals surface area (Å²) in [6.45, 7) is 6.70. The summed E-state index contributed by atoms with van der Waals surface area (Å²) in [4.78, 5) is 45.7. The van der Waals surface area contributed by atoms with E-state index in [0.29, 0.717) is 54.1 Å². The highest BCUT2D eigenvalue weighted by Crippen LogP contribution is 2.39. The number of thiocarbonyl (C=S) groups is 1. The van der Waals surface area contributed by atoms with Crippen molar-refractivity contribution in [2.24, 2.45) is 0 Å². The molecule has 2 saturated heterocycles. The molecule has 1 aromatic carbocycles. The smallest absolute Gasteiger partial charge is 0.409 e. The molecule has 0 bridgehead atoms. The van der Waals surface area contributed by atoms with Gasteiger partial charge in [0.2, 0.25) is 0 Å². The molecule has 5 rings (SSSR count). The molecule has 3 aliphatic rings. The van der Waals surface area contributed by atoms with E-state index < -0.39 is 0 Å². The van der Waals surface area contributed by atoms with Gasteiger partial charge in [0.05, 0.1) is 28.3 Å². The average molecular weight is 541 g/mol. The van der Waals surface area contributed by atoms with E-state index >= 15 is 0 Å². The lowest BCUT2D eigenvalue weighted by molar-refractivity contribution is -0.123. The van der Waals surface area contributed by atoms with Crippen LogP contribution in [0.2, 0.25) is 0 Å². The quantitative estimate of drug-likeness (QED) is 0.410. The van der Waals surface area contributed by atoms with Gasteiger partial charge in [0.25, 0.3) is 11.5 Å². The number of piperazine rings is 1. The summed E-state index contributed by atoms with van der Waals surface area (Å²) in [5.74, 6) is -0.101. The van der Waals surface area contributed by atoms with E-state index in [1.807, 2.05) is 31.2 Å². The van der Waals surface area contributed by atoms with Crippen LogP contribution in [0.15, 0.2) is 34.0 Å². The van der Waals surface area contributed by atoms with Gasteiger partial charge in [0.1, 0.15) is 4.32 Å². The van der Waals surface area contributed by atoms with Crippen LogP contribution in [0, 0.1) is 0 Å². The van der Waals surface area contributed by atoms with E-state index in [0.717, 1.165) is 42.3 Å². The van der Waals surface area contributed by atoms with E-state index in [2.05, 4.69) is 4.90 Å². The number of thioether (sulfide) groups is 1. The lowest BCUT2D eigenvalue weighted by atomic mass is 10.0. The van der Waals surface area contributed by atoms with Gasteiger partial charge in [-0.15, -0.1) is 0 Å². The maximum Gasteiger partial charge on any atom is 0.409 e. The zero-order valence-corrected chi connectivity index (χ0v) is 22.9. The molecule has 2 aliphatic heterocycles. The Balaban J connectivity index is 1.58. The normalized spacial score (nSPS) is 20.1. The second-order valence-electron chi connectivity index (χ2n) is 9.49. The molecule has 196 valence electrons. The van der Waals surface area contributed by atoms with Crippen LogP contribution in [-0.4, -0.2) is 69.5 Å². The fourth-order valence-electron chi connectivity index (χ4n) is 5.61. The van der Waals surface area contributed by atoms with Crippen LogP contribution in [0.3, 0.4) is 0 Å². The van der Waals surface area contributed by atoms with E-state index in [9.17, 15) is 14.4 Å². The third kappa shape index (κ3) is 4.77. The minimum absolute atomic E-state index is 0.101. The molecule has 1 aliphatic carbocycles. The summed E-state index contributed by atoms with van der Waals surface area (Å²) in [7, 11) is 0. The van der Waals surface area contributed by atoms with E-state index in [1.54, 1.807) is 27.4 Å². The first-order valence-corrected chi connectivity index (χ1v) is 14.3. The van der Waals surface area contributed by atoms with Gasteiger partial charge in [-0.25, -0.2) is 4.79 Å². The number of fused-ring (bicyclic) bond motifs is 1. The highest BCUT2D eigenvalue weighted by molar-refractivity contribution is 8.26. The molecule has 0 atom stereocenters. The molecule has 1 saturated carbocycles. The lowest BCUT2D eigenvalue weighted by Crippen LogP contribution is -2.49. The average Bonchev–Trinajstić information content (AvgIpc) is 3.52. The van der Waals surface area contributed by atoms with Gasteiger partial charge in [0, 0.05) is 44.2 Å². The predicted octanol–water partition coefficient (Wildman–Crippen LogP) is 4.44. The second kappa shape index (κ2) is 10.9. The number of rotatable bonds is 5. The molecule has 0 N–H and O–H groups in total. The molecule has 3 heterocycles. The Morgan fingerprint density at radius 1 is 1.11 bits per heavy atom. The molecule has 0 unspecified atom stereocenters. The van der Waals surface area contributed by atoms with Crippen molar-refractivity contribution in [3.8, 4) is 0 Å². The van der Waals surface area contributed by atoms with Crippen LogP contribution < -0.4 is 10.5 Å². The Kier molecular flexibility index (Phi) is 7.57. The van der Waals surface area contributed by atoms with Crippen molar-refractivity contribution in [3.05, 3.63) is 45.1 Å². The van der Waals surface area contributed by atoms with Crippen LogP contribution >= 0.6 is 24.0 Å². The molecule has 8 nitrogen and oxygen atoms in total. The number of para-hydroxylation sites is 1. The highest BCUT2D eigenvalue weighted by Gasteiger charge is 2.38. The monoisotopic (exact) mass is 540 g/mol. The predicted molar refractivity (Wildman–Crippen MR) is 152 cm³/mol. The molecule has 0 radical (unpaired) electrons. The minimum atomic E-state index is -0.316. The number of carbonyl (C=O) groups is 2. The Hall–Kier alpha value is -2.85. The first kappa shape index (κ1) is 25.8. The third-order valence-corrected chi connectivity index (χ3v) is 8.74. The molecule has 10 heteroatoms. The van der Waals surface area contributed by atoms with Gasteiger partial charge in [-0.3, -0.25) is 14.5 Å². The van der Waals surface area contributed by atoms with Crippen LogP contribution in [0.4, 0.5) is 10.5 Å². The number of anilines is 1. The van der Waals surface area contributed by atoms with Gasteiger partial charge in [-0.05, 0) is 38.8 Å². The number of carbonyl (C=O) groups excluding carboxylic acids is 2. The zero-order valence-electron chi connectivity index (χ0n) is 21.3. The van der Waals surface area contributed by atoms with E-state index in [-0.39, 0.29) is 23.6 Å². The van der Waals surface area contributed by atoms with Crippen LogP contribution in [-0.2, 0) is 16.1 Å². The number of hydrogen-bond donors (Lipinski definition) is 0. The molecule has 1 aromatic heterocycles. The molecule has 3 fully saturated rings. The fourth-order valence-corrected chi connectivity index (χ4v) is 6.99. The molecule has 37 heavy (non-hydrogen) atoms. The van der Waals surface area contributed by atoms with Crippen LogP contribution in [0.1, 0.15) is 45.1 Å². The summed E-state index contributed by atoms with van der Waals surface area (Å²) in [5, 5.41) is 0.950. The number of pyridine rings is 1. The highest BCUT2D eigenvalue weighted by atomic mass is 32.2. The minimum Gasteiger partial charge on any atom is -0.450 e. The second-order valence-corrected chi connectivity index (χ2v) is 11.2. The molecule has 2 aromatic rings. The Labute approximate surface area is 226 Å². The number of aromatic nitrogens is 1. The van der Waals surface area contributed by atoms with Gasteiger partial charge >= 0.3 is 6.09 Å². The number of nitrogens with zero attached hydrogens (tertiary/aromatic N) is 4. The largest absolute Gasteiger partial charge is 0.450 e. The van der Waals surface area contributed by atoms with Gasteiger partial charge in [-0.2, -0.15) is 0 Å². The Morgan fingerprint density at radius 3 is 2.49 bits per heavy atom. The standard InChI is InChI=1S/C27H32N4O4S2/c1-3-30-21-12-8-7-11-19(21)23(28-13-15-29(16-14-28)26(34)35-4-2)20(24(30)32)17-22-25(33)31(27(36)37-22)18-9-5-6-10-18/h7-8,11-12,17-18H,3-6,9-10,13-16H2,1-2H3. The molecule has 2 amide bonds. The van der Waals surface area contributed by atoms with Gasteiger partial charge in [0.15, 0.2) is 0 Å². The number of ether oxygens (including phenoxy) is 1. The summed E-state index contributed by atoms with van der Waals surface area (Å²) >= 11 is 6.90. The van der Waals surface area contributed by atoms with Crippen molar-refractivity contribution in [3.63, 3.8) is 0 Å². The van der Waals surface area contributed by atoms with Crippen molar-refractivity contribution in [2.75, 3.05) is 37.7 Å². The van der Waals surface area contributed by atoms with E-state index in [4.69, 9.17) is 17.0 Å². The van der Waals surface area contributed by atoms with Crippen molar-refractivity contribution in [2.45, 2.75) is 52.1 Å². The molecular weight excluding hydrogens is 508 g/mol. The van der Waals surface area contributed by atoms with Crippen LogP contribution in [0.25, 0.3) is 17.0 Å². The number of benzene rings is 1. The maximum absolute atomic E-state index is 13.9.